The summed E-state index contributed by atoms with van der Waals surface area (Å²) < 4.78 is 0. The molecule has 7 heteroatoms. The smallest absolute Gasteiger partial charge is 0.317 e. The summed E-state index contributed by atoms with van der Waals surface area (Å²) >= 11 is 0. The number of urea groups is 1. The first kappa shape index (κ1) is 15.8. The Kier molecular flexibility index (Phi) is 5.58. The molecule has 0 aromatic carbocycles. The van der Waals surface area contributed by atoms with Gasteiger partial charge in [-0.1, -0.05) is 12.2 Å². The number of aliphatic carboxylic acids is 1. The highest BCUT2D eigenvalue weighted by Gasteiger charge is 2.27. The number of hydrogen-bond donors (Lipinski definition) is 3. The van der Waals surface area contributed by atoms with E-state index in [0.717, 1.165) is 19.5 Å². The molecule has 1 saturated heterocycles. The summed E-state index contributed by atoms with van der Waals surface area (Å²) in [6.07, 6.45) is 4.70. The number of amides is 2. The van der Waals surface area contributed by atoms with Gasteiger partial charge in [-0.3, -0.25) is 9.69 Å². The van der Waals surface area contributed by atoms with Crippen molar-refractivity contribution in [2.75, 3.05) is 39.3 Å². The molecule has 0 saturated carbocycles. The minimum atomic E-state index is -0.850. The Labute approximate surface area is 124 Å². The lowest BCUT2D eigenvalue weighted by Gasteiger charge is -2.23. The van der Waals surface area contributed by atoms with E-state index in [1.807, 2.05) is 0 Å². The Morgan fingerprint density at radius 3 is 2.67 bits per heavy atom. The van der Waals surface area contributed by atoms with Gasteiger partial charge in [0.25, 0.3) is 0 Å². The fourth-order valence-electron chi connectivity index (χ4n) is 2.78. The van der Waals surface area contributed by atoms with Gasteiger partial charge in [-0.15, -0.1) is 0 Å². The number of aliphatic hydroxyl groups is 1. The summed E-state index contributed by atoms with van der Waals surface area (Å²) in [7, 11) is 0. The van der Waals surface area contributed by atoms with Gasteiger partial charge in [0.1, 0.15) is 0 Å². The largest absolute Gasteiger partial charge is 0.481 e. The Hall–Kier alpha value is -1.60. The first-order chi connectivity index (χ1) is 10.1. The number of carboxylic acid groups (broad SMARTS) is 1. The summed E-state index contributed by atoms with van der Waals surface area (Å²) in [5.41, 5.74) is 0. The van der Waals surface area contributed by atoms with Crippen LogP contribution in [-0.2, 0) is 4.79 Å². The van der Waals surface area contributed by atoms with Crippen LogP contribution >= 0.6 is 0 Å². The van der Waals surface area contributed by atoms with Gasteiger partial charge in [0, 0.05) is 26.2 Å². The molecule has 0 spiro atoms. The summed E-state index contributed by atoms with van der Waals surface area (Å²) in [6.45, 7) is 3.73. The minimum absolute atomic E-state index is 0.135. The molecule has 0 radical (unpaired) electrons. The molecule has 2 amide bonds. The van der Waals surface area contributed by atoms with Gasteiger partial charge < -0.3 is 20.4 Å². The van der Waals surface area contributed by atoms with Gasteiger partial charge in [0.05, 0.1) is 18.6 Å². The predicted octanol–water partition coefficient (Wildman–Crippen LogP) is -0.275. The zero-order chi connectivity index (χ0) is 15.2. The second-order valence-electron chi connectivity index (χ2n) is 5.53. The lowest BCUT2D eigenvalue weighted by molar-refractivity contribution is -0.140. The second-order valence-corrected chi connectivity index (χ2v) is 5.53. The van der Waals surface area contributed by atoms with Crippen LogP contribution < -0.4 is 5.32 Å². The molecular weight excluding hydrogens is 274 g/mol. The molecule has 118 valence electrons. The molecule has 0 aromatic rings. The van der Waals surface area contributed by atoms with Crippen LogP contribution in [0.3, 0.4) is 0 Å². The van der Waals surface area contributed by atoms with Gasteiger partial charge in [-0.05, 0) is 19.4 Å². The molecule has 2 unspecified atom stereocenters. The van der Waals surface area contributed by atoms with E-state index in [4.69, 9.17) is 10.2 Å². The van der Waals surface area contributed by atoms with E-state index in [2.05, 4.69) is 10.2 Å². The Morgan fingerprint density at radius 2 is 2.00 bits per heavy atom. The maximum atomic E-state index is 12.2. The highest BCUT2D eigenvalue weighted by molar-refractivity contribution is 5.76. The van der Waals surface area contributed by atoms with Gasteiger partial charge >= 0.3 is 12.0 Å². The Bertz CT molecular complexity index is 413. The van der Waals surface area contributed by atoms with Gasteiger partial charge in [-0.2, -0.15) is 0 Å². The number of nitrogens with zero attached hydrogens (tertiary/aromatic N) is 2. The van der Waals surface area contributed by atoms with E-state index in [0.29, 0.717) is 26.1 Å². The number of carboxylic acids is 1. The van der Waals surface area contributed by atoms with Crippen molar-refractivity contribution in [2.24, 2.45) is 5.92 Å². The van der Waals surface area contributed by atoms with E-state index >= 15 is 0 Å². The third-order valence-corrected chi connectivity index (χ3v) is 4.00. The van der Waals surface area contributed by atoms with Crippen LogP contribution in [0.2, 0.25) is 0 Å². The van der Waals surface area contributed by atoms with Gasteiger partial charge in [0.2, 0.25) is 0 Å². The first-order valence-electron chi connectivity index (χ1n) is 7.40. The van der Waals surface area contributed by atoms with Crippen molar-refractivity contribution in [1.82, 2.24) is 15.1 Å². The van der Waals surface area contributed by atoms with Crippen molar-refractivity contribution in [1.29, 1.82) is 0 Å². The molecule has 21 heavy (non-hydrogen) atoms. The average molecular weight is 297 g/mol. The number of aliphatic hydroxyl groups excluding tert-OH is 1. The molecular formula is C14H23N3O4. The van der Waals surface area contributed by atoms with Crippen LogP contribution in [0.15, 0.2) is 12.2 Å². The maximum absolute atomic E-state index is 12.2. The summed E-state index contributed by atoms with van der Waals surface area (Å²) in [5, 5.41) is 20.8. The van der Waals surface area contributed by atoms with Crippen LogP contribution in [0.4, 0.5) is 4.79 Å². The van der Waals surface area contributed by atoms with Gasteiger partial charge in [-0.25, -0.2) is 4.79 Å². The molecule has 3 N–H and O–H groups in total. The van der Waals surface area contributed by atoms with Crippen LogP contribution in [0.5, 0.6) is 0 Å². The lowest BCUT2D eigenvalue weighted by atomic mass is 10.1. The van der Waals surface area contributed by atoms with Crippen LogP contribution in [0.1, 0.15) is 12.8 Å². The van der Waals surface area contributed by atoms with Crippen molar-refractivity contribution in [2.45, 2.75) is 18.9 Å². The number of rotatable bonds is 4. The molecule has 0 bridgehead atoms. The van der Waals surface area contributed by atoms with Gasteiger partial charge in [0.15, 0.2) is 0 Å². The fourth-order valence-corrected chi connectivity index (χ4v) is 2.78. The predicted molar refractivity (Wildman–Crippen MR) is 76.9 cm³/mol. The van der Waals surface area contributed by atoms with E-state index in [1.165, 1.54) is 0 Å². The second kappa shape index (κ2) is 7.42. The SMILES string of the molecule is O=C(O)C1C=CC(NC(=O)N2CCCN(CCO)CC2)C1. The summed E-state index contributed by atoms with van der Waals surface area (Å²) in [6, 6.07) is -0.336. The number of carbonyl (C=O) groups is 2. The van der Waals surface area contributed by atoms with Crippen molar-refractivity contribution in [3.63, 3.8) is 0 Å². The lowest BCUT2D eigenvalue weighted by Crippen LogP contribution is -2.45. The van der Waals surface area contributed by atoms with Crippen LogP contribution in [-0.4, -0.2) is 77.4 Å². The van der Waals surface area contributed by atoms with Crippen LogP contribution in [0, 0.1) is 5.92 Å². The molecule has 1 fully saturated rings. The molecule has 0 aromatic heterocycles. The number of nitrogens with one attached hydrogen (secondary N) is 1. The Balaban J connectivity index is 1.79. The van der Waals surface area contributed by atoms with E-state index in [1.54, 1.807) is 17.1 Å². The van der Waals surface area contributed by atoms with Crippen LogP contribution in [0.25, 0.3) is 0 Å². The van der Waals surface area contributed by atoms with E-state index in [9.17, 15) is 9.59 Å². The molecule has 1 aliphatic heterocycles. The van der Waals surface area contributed by atoms with Crippen molar-refractivity contribution >= 4 is 12.0 Å². The minimum Gasteiger partial charge on any atom is -0.481 e. The fraction of sp³-hybridized carbons (Fsp3) is 0.714. The summed E-state index contributed by atoms with van der Waals surface area (Å²) in [4.78, 5) is 27.0. The highest BCUT2D eigenvalue weighted by atomic mass is 16.4. The number of hydrogen-bond acceptors (Lipinski definition) is 4. The molecule has 7 nitrogen and oxygen atoms in total. The third kappa shape index (κ3) is 4.44. The average Bonchev–Trinajstić information content (AvgIpc) is 2.78. The first-order valence-corrected chi connectivity index (χ1v) is 7.40. The Morgan fingerprint density at radius 1 is 1.19 bits per heavy atom. The topological polar surface area (TPSA) is 93.1 Å². The van der Waals surface area contributed by atoms with E-state index < -0.39 is 11.9 Å². The monoisotopic (exact) mass is 297 g/mol. The zero-order valence-electron chi connectivity index (χ0n) is 12.1. The van der Waals surface area contributed by atoms with Crippen molar-refractivity contribution in [3.8, 4) is 0 Å². The number of carbonyl (C=O) groups excluding carboxylic acids is 1. The zero-order valence-corrected chi connectivity index (χ0v) is 12.1. The molecule has 1 aliphatic carbocycles. The molecule has 1 heterocycles. The van der Waals surface area contributed by atoms with E-state index in [-0.39, 0.29) is 18.7 Å². The highest BCUT2D eigenvalue weighted by Crippen LogP contribution is 2.18. The molecule has 2 atom stereocenters. The standard InChI is InChI=1S/C14H23N3O4/c18-9-8-16-4-1-5-17(7-6-16)14(21)15-12-3-2-11(10-12)13(19)20/h2-3,11-12,18H,1,4-10H2,(H,15,21)(H,19,20). The maximum Gasteiger partial charge on any atom is 0.317 e. The third-order valence-electron chi connectivity index (χ3n) is 4.00. The quantitative estimate of drug-likeness (QED) is 0.621. The van der Waals surface area contributed by atoms with Crippen molar-refractivity contribution in [3.05, 3.63) is 12.2 Å². The number of β-amino-alcohol motifs (C(OH)–C–C–N with tert-alkyl or cyclic N) is 1. The molecule has 2 rings (SSSR count). The molecule has 2 aliphatic rings. The van der Waals surface area contributed by atoms with Crippen molar-refractivity contribution < 1.29 is 19.8 Å². The normalized spacial score (nSPS) is 26.6. The summed E-state index contributed by atoms with van der Waals surface area (Å²) in [5.74, 6) is -1.35.